The summed E-state index contributed by atoms with van der Waals surface area (Å²) in [5.74, 6) is 0. The van der Waals surface area contributed by atoms with Gasteiger partial charge in [-0.15, -0.1) is 0 Å². The first-order valence-electron chi connectivity index (χ1n) is 0.408. The molecule has 0 aliphatic heterocycles. The van der Waals surface area contributed by atoms with Crippen LogP contribution in [0.15, 0.2) is 0 Å². The topological polar surface area (TPSA) is 34.1 Å². The molecule has 21 valence electrons. The molecule has 0 unspecified atom stereocenters. The Morgan fingerprint density at radius 3 is 1.25 bits per heavy atom. The fourth-order valence-electron chi connectivity index (χ4n) is 0. The molecular formula is CNbO2. The molecule has 0 heterocycles. The van der Waals surface area contributed by atoms with Crippen LogP contribution >= 0.6 is 0 Å². The van der Waals surface area contributed by atoms with Crippen LogP contribution in [-0.4, -0.2) is 6.15 Å². The maximum Gasteiger partial charge on any atom is 0.373 e. The van der Waals surface area contributed by atoms with E-state index in [9.17, 15) is 0 Å². The molecule has 0 atom stereocenters. The minimum atomic E-state index is 0. The van der Waals surface area contributed by atoms with E-state index in [4.69, 9.17) is 9.59 Å². The van der Waals surface area contributed by atoms with Gasteiger partial charge >= 0.3 is 6.15 Å². The van der Waals surface area contributed by atoms with Crippen molar-refractivity contribution in [3.05, 3.63) is 0 Å². The summed E-state index contributed by atoms with van der Waals surface area (Å²) in [4.78, 5) is 16.2. The van der Waals surface area contributed by atoms with Gasteiger partial charge in [-0.05, 0) is 0 Å². The molecule has 0 bridgehead atoms. The van der Waals surface area contributed by atoms with E-state index in [1.54, 1.807) is 0 Å². The van der Waals surface area contributed by atoms with Gasteiger partial charge in [-0.3, -0.25) is 0 Å². The van der Waals surface area contributed by atoms with Crippen LogP contribution < -0.4 is 0 Å². The first-order chi connectivity index (χ1) is 1.41. The average Bonchev–Trinajstić information content (AvgIpc) is 0.918. The summed E-state index contributed by atoms with van der Waals surface area (Å²) in [7, 11) is 0. The summed E-state index contributed by atoms with van der Waals surface area (Å²) >= 11 is 0. The van der Waals surface area contributed by atoms with Crippen LogP contribution in [0.1, 0.15) is 0 Å². The van der Waals surface area contributed by atoms with Crippen LogP contribution in [0.4, 0.5) is 0 Å². The maximum atomic E-state index is 8.12. The summed E-state index contributed by atoms with van der Waals surface area (Å²) in [6.45, 7) is 0. The molecule has 0 N–H and O–H groups in total. The van der Waals surface area contributed by atoms with Gasteiger partial charge in [0, 0.05) is 22.4 Å². The monoisotopic (exact) mass is 137 g/mol. The van der Waals surface area contributed by atoms with Crippen LogP contribution in [0, 0.1) is 0 Å². The fourth-order valence-corrected chi connectivity index (χ4v) is 0. The quantitative estimate of drug-likeness (QED) is 0.418. The fraction of sp³-hybridized carbons (Fsp3) is 0. The Bertz CT molecular complexity index is 27.0. The van der Waals surface area contributed by atoms with Gasteiger partial charge in [-0.1, -0.05) is 0 Å². The van der Waals surface area contributed by atoms with Gasteiger partial charge in [0.1, 0.15) is 0 Å². The smallest absolute Gasteiger partial charge is 0.186 e. The average molecular weight is 137 g/mol. The molecule has 0 aliphatic rings. The Balaban J connectivity index is 0. The summed E-state index contributed by atoms with van der Waals surface area (Å²) in [5, 5.41) is 0. The Hall–Kier alpha value is 0.120. The zero-order valence-corrected chi connectivity index (χ0v) is 3.96. The molecule has 0 aliphatic carbocycles. The van der Waals surface area contributed by atoms with E-state index in [-0.39, 0.29) is 28.5 Å². The first kappa shape index (κ1) is 8.92. The van der Waals surface area contributed by atoms with Crippen LogP contribution in [0.5, 0.6) is 0 Å². The van der Waals surface area contributed by atoms with E-state index < -0.39 is 0 Å². The van der Waals surface area contributed by atoms with Gasteiger partial charge in [-0.25, -0.2) is 0 Å². The third-order valence-corrected chi connectivity index (χ3v) is 0. The third kappa shape index (κ3) is 184. The molecule has 0 spiro atoms. The minimum Gasteiger partial charge on any atom is -0.186 e. The predicted molar refractivity (Wildman–Crippen MR) is 5.01 cm³/mol. The normalized spacial score (nSPS) is 2.00. The molecule has 4 heavy (non-hydrogen) atoms. The predicted octanol–water partition coefficient (Wildman–Crippen LogP) is -0.586. The van der Waals surface area contributed by atoms with Gasteiger partial charge in [0.15, 0.2) is 0 Å². The minimum absolute atomic E-state index is 0. The molecule has 2 nitrogen and oxygen atoms in total. The molecule has 3 heteroatoms. The van der Waals surface area contributed by atoms with Gasteiger partial charge < -0.3 is 0 Å². The van der Waals surface area contributed by atoms with E-state index in [1.807, 2.05) is 0 Å². The molecular weight excluding hydrogens is 137 g/mol. The summed E-state index contributed by atoms with van der Waals surface area (Å²) in [5.41, 5.74) is 0. The van der Waals surface area contributed by atoms with Crippen molar-refractivity contribution in [1.29, 1.82) is 0 Å². The third-order valence-electron chi connectivity index (χ3n) is 0. The van der Waals surface area contributed by atoms with Crippen LogP contribution in [0.25, 0.3) is 0 Å². The summed E-state index contributed by atoms with van der Waals surface area (Å²) in [6.07, 6.45) is 0.250. The SMILES string of the molecule is O=C=O.[Nb]. The van der Waals surface area contributed by atoms with Crippen molar-refractivity contribution in [3.63, 3.8) is 0 Å². The molecule has 1 radical (unpaired) electrons. The molecule has 0 rings (SSSR count). The van der Waals surface area contributed by atoms with E-state index in [0.717, 1.165) is 0 Å². The van der Waals surface area contributed by atoms with Crippen molar-refractivity contribution in [2.75, 3.05) is 0 Å². The standard InChI is InChI=1S/CO2.Nb/c2-1-3;. The number of hydrogen-bond acceptors (Lipinski definition) is 2. The molecule has 0 saturated heterocycles. The van der Waals surface area contributed by atoms with Crippen molar-refractivity contribution >= 4 is 6.15 Å². The number of rotatable bonds is 0. The Labute approximate surface area is 38.7 Å². The molecule has 0 aromatic carbocycles. The zero-order chi connectivity index (χ0) is 2.71. The second-order valence-electron chi connectivity index (χ2n) is 0.0833. The van der Waals surface area contributed by atoms with Gasteiger partial charge in [0.05, 0.1) is 0 Å². The van der Waals surface area contributed by atoms with Crippen LogP contribution in [0.2, 0.25) is 0 Å². The van der Waals surface area contributed by atoms with E-state index >= 15 is 0 Å². The van der Waals surface area contributed by atoms with Crippen molar-refractivity contribution < 1.29 is 32.0 Å². The van der Waals surface area contributed by atoms with E-state index in [0.29, 0.717) is 0 Å². The number of carbonyl (C=O) groups excluding carboxylic acids is 2. The largest absolute Gasteiger partial charge is 0.373 e. The molecule has 0 saturated carbocycles. The van der Waals surface area contributed by atoms with Gasteiger partial charge in [0.2, 0.25) is 0 Å². The maximum absolute atomic E-state index is 8.12. The van der Waals surface area contributed by atoms with E-state index in [1.165, 1.54) is 0 Å². The summed E-state index contributed by atoms with van der Waals surface area (Å²) in [6, 6.07) is 0. The number of hydrogen-bond donors (Lipinski definition) is 0. The van der Waals surface area contributed by atoms with E-state index in [2.05, 4.69) is 0 Å². The van der Waals surface area contributed by atoms with Gasteiger partial charge in [0.25, 0.3) is 0 Å². The second-order valence-corrected chi connectivity index (χ2v) is 0.0833. The van der Waals surface area contributed by atoms with Crippen molar-refractivity contribution in [1.82, 2.24) is 0 Å². The van der Waals surface area contributed by atoms with Gasteiger partial charge in [-0.2, -0.15) is 9.59 Å². The van der Waals surface area contributed by atoms with Crippen LogP contribution in [-0.2, 0) is 32.0 Å². The summed E-state index contributed by atoms with van der Waals surface area (Å²) < 4.78 is 0. The Morgan fingerprint density at radius 2 is 1.25 bits per heavy atom. The Morgan fingerprint density at radius 1 is 1.25 bits per heavy atom. The first-order valence-corrected chi connectivity index (χ1v) is 0.408. The van der Waals surface area contributed by atoms with Crippen molar-refractivity contribution in [3.8, 4) is 0 Å². The second kappa shape index (κ2) is 11.2. The zero-order valence-electron chi connectivity index (χ0n) is 1.76. The van der Waals surface area contributed by atoms with Crippen molar-refractivity contribution in [2.24, 2.45) is 0 Å². The molecule has 0 aromatic rings. The molecule has 0 amide bonds. The molecule has 0 fully saturated rings. The Kier molecular flexibility index (Phi) is 24.9. The van der Waals surface area contributed by atoms with Crippen molar-refractivity contribution in [2.45, 2.75) is 0 Å². The van der Waals surface area contributed by atoms with Crippen LogP contribution in [0.3, 0.4) is 0 Å². The molecule has 0 aromatic heterocycles.